The molecule has 2 rings (SSSR count). The highest BCUT2D eigenvalue weighted by Crippen LogP contribution is 2.35. The molecule has 1 aromatic rings. The third-order valence-corrected chi connectivity index (χ3v) is 3.99. The number of hydrogen-bond acceptors (Lipinski definition) is 5. The van der Waals surface area contributed by atoms with Crippen LogP contribution in [0.15, 0.2) is 12.4 Å². The van der Waals surface area contributed by atoms with Crippen molar-refractivity contribution >= 4 is 5.82 Å². The van der Waals surface area contributed by atoms with Crippen molar-refractivity contribution in [1.82, 2.24) is 9.97 Å². The highest BCUT2D eigenvalue weighted by Gasteiger charge is 2.37. The Balaban J connectivity index is 2.27. The molecule has 0 spiro atoms. The van der Waals surface area contributed by atoms with Crippen LogP contribution in [0, 0.1) is 17.2 Å². The summed E-state index contributed by atoms with van der Waals surface area (Å²) in [5.74, 6) is 1.03. The summed E-state index contributed by atoms with van der Waals surface area (Å²) >= 11 is 0. The lowest BCUT2D eigenvalue weighted by atomic mass is 9.73. The number of hydrogen-bond donors (Lipinski definition) is 2. The fourth-order valence-corrected chi connectivity index (χ4v) is 2.70. The van der Waals surface area contributed by atoms with Gasteiger partial charge in [0.2, 0.25) is 0 Å². The largest absolute Gasteiger partial charge is 0.361 e. The number of nitriles is 1. The molecular formula is C13H19N5. The molecule has 1 aliphatic carbocycles. The van der Waals surface area contributed by atoms with Gasteiger partial charge in [-0.3, -0.25) is 0 Å². The first kappa shape index (κ1) is 12.8. The van der Waals surface area contributed by atoms with Crippen LogP contribution in [-0.2, 0) is 0 Å². The zero-order valence-electron chi connectivity index (χ0n) is 10.7. The molecule has 1 fully saturated rings. The summed E-state index contributed by atoms with van der Waals surface area (Å²) in [5, 5.41) is 12.4. The molecule has 2 atom stereocenters. The molecule has 1 aromatic heterocycles. The van der Waals surface area contributed by atoms with Crippen molar-refractivity contribution in [2.24, 2.45) is 11.7 Å². The maximum Gasteiger partial charge on any atom is 0.182 e. The molecule has 1 saturated carbocycles. The average molecular weight is 245 g/mol. The normalized spacial score (nSPS) is 27.5. The van der Waals surface area contributed by atoms with Crippen molar-refractivity contribution in [1.29, 1.82) is 5.26 Å². The van der Waals surface area contributed by atoms with Gasteiger partial charge in [-0.25, -0.2) is 9.97 Å². The standard InChI is InChI=1S/C13H19N5/c1-10-4-2-3-5-13(10,9-15)18-12-11(8-14)16-6-7-17-12/h6-7,10H,2-5,9,15H2,1H3,(H,17,18). The zero-order chi connectivity index (χ0) is 13.0. The number of rotatable bonds is 3. The topological polar surface area (TPSA) is 87.6 Å². The van der Waals surface area contributed by atoms with E-state index in [1.165, 1.54) is 12.6 Å². The van der Waals surface area contributed by atoms with Gasteiger partial charge in [0.1, 0.15) is 6.07 Å². The third kappa shape index (κ3) is 2.29. The van der Waals surface area contributed by atoms with E-state index in [4.69, 9.17) is 11.0 Å². The molecule has 0 radical (unpaired) electrons. The minimum atomic E-state index is -0.153. The van der Waals surface area contributed by atoms with Gasteiger partial charge >= 0.3 is 0 Å². The lowest BCUT2D eigenvalue weighted by Gasteiger charge is -2.43. The van der Waals surface area contributed by atoms with Gasteiger partial charge in [0.05, 0.1) is 5.54 Å². The zero-order valence-corrected chi connectivity index (χ0v) is 10.7. The number of anilines is 1. The van der Waals surface area contributed by atoms with Crippen LogP contribution < -0.4 is 11.1 Å². The summed E-state index contributed by atoms with van der Waals surface area (Å²) in [5.41, 5.74) is 6.16. The van der Waals surface area contributed by atoms with E-state index in [2.05, 4.69) is 28.3 Å². The molecule has 0 saturated heterocycles. The van der Waals surface area contributed by atoms with Gasteiger partial charge in [-0.2, -0.15) is 5.26 Å². The maximum absolute atomic E-state index is 9.05. The third-order valence-electron chi connectivity index (χ3n) is 3.99. The van der Waals surface area contributed by atoms with E-state index in [9.17, 15) is 0 Å². The van der Waals surface area contributed by atoms with Crippen LogP contribution in [0.2, 0.25) is 0 Å². The first-order valence-corrected chi connectivity index (χ1v) is 6.41. The minimum absolute atomic E-state index is 0.153. The molecule has 2 unspecified atom stereocenters. The second-order valence-electron chi connectivity index (χ2n) is 5.00. The van der Waals surface area contributed by atoms with E-state index in [0.717, 1.165) is 19.3 Å². The molecule has 1 aliphatic rings. The van der Waals surface area contributed by atoms with E-state index >= 15 is 0 Å². The van der Waals surface area contributed by atoms with E-state index in [1.54, 1.807) is 6.20 Å². The molecule has 0 aromatic carbocycles. The summed E-state index contributed by atoms with van der Waals surface area (Å²) in [4.78, 5) is 8.25. The van der Waals surface area contributed by atoms with E-state index < -0.39 is 0 Å². The molecule has 3 N–H and O–H groups in total. The Kier molecular flexibility index (Phi) is 3.78. The molecular weight excluding hydrogens is 226 g/mol. The average Bonchev–Trinajstić information content (AvgIpc) is 2.42. The van der Waals surface area contributed by atoms with Gasteiger partial charge in [-0.15, -0.1) is 0 Å². The van der Waals surface area contributed by atoms with Crippen LogP contribution in [0.3, 0.4) is 0 Å². The van der Waals surface area contributed by atoms with Gasteiger partial charge in [-0.1, -0.05) is 19.8 Å². The molecule has 96 valence electrons. The molecule has 18 heavy (non-hydrogen) atoms. The monoisotopic (exact) mass is 245 g/mol. The minimum Gasteiger partial charge on any atom is -0.361 e. The fourth-order valence-electron chi connectivity index (χ4n) is 2.70. The van der Waals surface area contributed by atoms with E-state index in [0.29, 0.717) is 24.0 Å². The van der Waals surface area contributed by atoms with Crippen molar-refractivity contribution in [3.8, 4) is 6.07 Å². The first-order chi connectivity index (χ1) is 8.72. The van der Waals surface area contributed by atoms with Gasteiger partial charge in [-0.05, 0) is 18.8 Å². The Hall–Kier alpha value is -1.67. The maximum atomic E-state index is 9.05. The van der Waals surface area contributed by atoms with Crippen LogP contribution in [0.4, 0.5) is 5.82 Å². The first-order valence-electron chi connectivity index (χ1n) is 6.41. The van der Waals surface area contributed by atoms with E-state index in [-0.39, 0.29) is 5.54 Å². The predicted octanol–water partition coefficient (Wildman–Crippen LogP) is 1.67. The van der Waals surface area contributed by atoms with Crippen LogP contribution in [0.1, 0.15) is 38.3 Å². The Morgan fingerprint density at radius 1 is 1.50 bits per heavy atom. The number of aromatic nitrogens is 2. The van der Waals surface area contributed by atoms with E-state index in [1.807, 2.05) is 0 Å². The summed E-state index contributed by atoms with van der Waals surface area (Å²) < 4.78 is 0. The van der Waals surface area contributed by atoms with Gasteiger partial charge in [0.15, 0.2) is 11.5 Å². The van der Waals surface area contributed by atoms with Crippen molar-refractivity contribution in [3.05, 3.63) is 18.1 Å². The van der Waals surface area contributed by atoms with Crippen molar-refractivity contribution in [3.63, 3.8) is 0 Å². The smallest absolute Gasteiger partial charge is 0.182 e. The Morgan fingerprint density at radius 2 is 2.28 bits per heavy atom. The van der Waals surface area contributed by atoms with Crippen molar-refractivity contribution in [2.45, 2.75) is 38.1 Å². The highest BCUT2D eigenvalue weighted by molar-refractivity contribution is 5.49. The summed E-state index contributed by atoms with van der Waals surface area (Å²) in [6, 6.07) is 2.06. The van der Waals surface area contributed by atoms with Gasteiger partial charge < -0.3 is 11.1 Å². The van der Waals surface area contributed by atoms with Crippen LogP contribution in [-0.4, -0.2) is 22.1 Å². The van der Waals surface area contributed by atoms with Crippen LogP contribution >= 0.6 is 0 Å². The summed E-state index contributed by atoms with van der Waals surface area (Å²) in [7, 11) is 0. The lowest BCUT2D eigenvalue weighted by molar-refractivity contribution is 0.235. The van der Waals surface area contributed by atoms with Crippen LogP contribution in [0.5, 0.6) is 0 Å². The number of nitrogens with two attached hydrogens (primary N) is 1. The van der Waals surface area contributed by atoms with Crippen LogP contribution in [0.25, 0.3) is 0 Å². The SMILES string of the molecule is CC1CCCCC1(CN)Nc1nccnc1C#N. The molecule has 1 heterocycles. The lowest BCUT2D eigenvalue weighted by Crippen LogP contribution is -2.52. The fraction of sp³-hybridized carbons (Fsp3) is 0.615. The van der Waals surface area contributed by atoms with Crippen molar-refractivity contribution < 1.29 is 0 Å². The Bertz CT molecular complexity index is 453. The summed E-state index contributed by atoms with van der Waals surface area (Å²) in [6.45, 7) is 2.76. The van der Waals surface area contributed by atoms with Crippen molar-refractivity contribution in [2.75, 3.05) is 11.9 Å². The Labute approximate surface area is 107 Å². The number of nitrogens with zero attached hydrogens (tertiary/aromatic N) is 3. The molecule has 0 bridgehead atoms. The second kappa shape index (κ2) is 5.32. The molecule has 5 heteroatoms. The quantitative estimate of drug-likeness (QED) is 0.845. The summed E-state index contributed by atoms with van der Waals surface area (Å²) in [6.07, 6.45) is 7.72. The second-order valence-corrected chi connectivity index (χ2v) is 5.00. The molecule has 0 amide bonds. The van der Waals surface area contributed by atoms with Gasteiger partial charge in [0, 0.05) is 18.9 Å². The molecule has 5 nitrogen and oxygen atoms in total. The number of nitrogens with one attached hydrogen (secondary N) is 1. The molecule has 0 aliphatic heterocycles. The highest BCUT2D eigenvalue weighted by atomic mass is 15.1. The Morgan fingerprint density at radius 3 is 2.94 bits per heavy atom. The predicted molar refractivity (Wildman–Crippen MR) is 69.8 cm³/mol. The van der Waals surface area contributed by atoms with Gasteiger partial charge in [0.25, 0.3) is 0 Å².